The predicted octanol–water partition coefficient (Wildman–Crippen LogP) is 4.54. The van der Waals surface area contributed by atoms with Gasteiger partial charge in [0.1, 0.15) is 0 Å². The third-order valence-corrected chi connectivity index (χ3v) is 5.01. The Bertz CT molecular complexity index is 1210. The number of rotatable bonds is 5. The molecule has 3 aromatic rings. The number of azo groups is 1. The zero-order valence-corrected chi connectivity index (χ0v) is 18.6. The number of para-hydroxylation sites is 2. The van der Waals surface area contributed by atoms with E-state index < -0.39 is 18.8 Å². The molecule has 33 heavy (non-hydrogen) atoms. The number of amidine groups is 1. The maximum absolute atomic E-state index is 12.3. The summed E-state index contributed by atoms with van der Waals surface area (Å²) < 4.78 is 12.9. The molecule has 3 aromatic carbocycles. The monoisotopic (exact) mass is 442 g/mol. The van der Waals surface area contributed by atoms with Crippen LogP contribution in [0.2, 0.25) is 0 Å². The van der Waals surface area contributed by atoms with Gasteiger partial charge in [-0.3, -0.25) is 14.5 Å². The molecule has 0 radical (unpaired) electrons. The van der Waals surface area contributed by atoms with E-state index in [1.165, 1.54) is 23.4 Å². The topological polar surface area (TPSA) is 83.6 Å². The quantitative estimate of drug-likeness (QED) is 0.542. The standard InChI is InChI=1S/C24H23BN4O4/c1-18-14-16-21(17-15-18)24-26-28(22-10-6-4-7-11-22)25(32-19(2)30,33-20(3)31)29(27-24)23-12-8-5-9-13-23/h4-17H,1-3H3. The minimum atomic E-state index is -3.02. The Kier molecular flexibility index (Phi) is 6.04. The molecule has 0 spiro atoms. The van der Waals surface area contributed by atoms with Crippen LogP contribution < -0.4 is 4.92 Å². The first-order valence-electron chi connectivity index (χ1n) is 10.5. The highest BCUT2D eigenvalue weighted by Crippen LogP contribution is 2.33. The Balaban J connectivity index is 2.02. The minimum absolute atomic E-state index is 0.361. The summed E-state index contributed by atoms with van der Waals surface area (Å²) in [4.78, 5) is 26.0. The van der Waals surface area contributed by atoms with Crippen LogP contribution in [0.4, 0.5) is 11.4 Å². The van der Waals surface area contributed by atoms with Crippen LogP contribution in [0.15, 0.2) is 95.1 Å². The number of nitrogens with zero attached hydrogens (tertiary/aromatic N) is 4. The highest BCUT2D eigenvalue weighted by molar-refractivity contribution is 6.67. The lowest BCUT2D eigenvalue weighted by Gasteiger charge is -2.41. The molecule has 0 bridgehead atoms. The molecule has 166 valence electrons. The molecule has 1 aliphatic rings. The molecule has 0 unspecified atom stereocenters. The van der Waals surface area contributed by atoms with Gasteiger partial charge in [-0.25, -0.2) is 0 Å². The van der Waals surface area contributed by atoms with Gasteiger partial charge in [0.25, 0.3) is 11.9 Å². The third kappa shape index (κ3) is 4.52. The molecule has 0 amide bonds. The van der Waals surface area contributed by atoms with Crippen LogP contribution in [0.25, 0.3) is 0 Å². The van der Waals surface area contributed by atoms with E-state index in [-0.39, 0.29) is 0 Å². The van der Waals surface area contributed by atoms with Crippen LogP contribution in [-0.2, 0) is 18.9 Å². The molecule has 1 aliphatic heterocycles. The van der Waals surface area contributed by atoms with Crippen molar-refractivity contribution in [3.8, 4) is 0 Å². The van der Waals surface area contributed by atoms with Gasteiger partial charge in [-0.2, -0.15) is 9.71 Å². The van der Waals surface area contributed by atoms with Gasteiger partial charge in [0, 0.05) is 37.2 Å². The van der Waals surface area contributed by atoms with Crippen LogP contribution in [0.5, 0.6) is 0 Å². The van der Waals surface area contributed by atoms with E-state index in [1.54, 1.807) is 24.3 Å². The number of carbonyl (C=O) groups excluding carboxylic acids is 2. The molecule has 9 heteroatoms. The van der Waals surface area contributed by atoms with Crippen LogP contribution in [0.1, 0.15) is 25.0 Å². The molecule has 0 atom stereocenters. The summed E-state index contributed by atoms with van der Waals surface area (Å²) in [5.41, 5.74) is 2.95. The predicted molar refractivity (Wildman–Crippen MR) is 125 cm³/mol. The molecular weight excluding hydrogens is 419 g/mol. The molecule has 0 saturated carbocycles. The van der Waals surface area contributed by atoms with Crippen molar-refractivity contribution in [1.82, 2.24) is 0 Å². The van der Waals surface area contributed by atoms with Crippen molar-refractivity contribution in [1.29, 1.82) is 0 Å². The normalized spacial score (nSPS) is 14.7. The molecule has 0 aromatic heterocycles. The minimum Gasteiger partial charge on any atom is -0.573 e. The number of hydrazone groups is 1. The third-order valence-electron chi connectivity index (χ3n) is 5.01. The summed E-state index contributed by atoms with van der Waals surface area (Å²) in [6.07, 6.45) is 0. The second kappa shape index (κ2) is 9.08. The van der Waals surface area contributed by atoms with Crippen LogP contribution in [0, 0.1) is 6.92 Å². The van der Waals surface area contributed by atoms with Crippen LogP contribution in [0.3, 0.4) is 0 Å². The lowest BCUT2D eigenvalue weighted by molar-refractivity contribution is -0.413. The number of carbonyl (C=O) groups is 2. The lowest BCUT2D eigenvalue weighted by Crippen LogP contribution is -2.66. The summed E-state index contributed by atoms with van der Waals surface area (Å²) in [6, 6.07) is 25.8. The van der Waals surface area contributed by atoms with Crippen LogP contribution in [-0.4, -0.2) is 29.2 Å². The zero-order chi connectivity index (χ0) is 23.4. The Hall–Kier alpha value is -4.27. The molecular formula is C24H23BN4O4. The van der Waals surface area contributed by atoms with Crippen molar-refractivity contribution >= 4 is 36.0 Å². The summed E-state index contributed by atoms with van der Waals surface area (Å²) in [5.74, 6) is -0.941. The molecule has 1 heterocycles. The first-order valence-corrected chi connectivity index (χ1v) is 10.5. The zero-order valence-electron chi connectivity index (χ0n) is 18.6. The van der Waals surface area contributed by atoms with E-state index >= 15 is 0 Å². The van der Waals surface area contributed by atoms with Gasteiger partial charge in [-0.1, -0.05) is 66.2 Å². The largest absolute Gasteiger partial charge is 0.824 e. The fraction of sp³-hybridized carbons (Fsp3) is 0.125. The first-order chi connectivity index (χ1) is 15.9. The second-order valence-electron chi connectivity index (χ2n) is 7.60. The fourth-order valence-electron chi connectivity index (χ4n) is 3.60. The van der Waals surface area contributed by atoms with E-state index in [4.69, 9.17) is 19.5 Å². The summed E-state index contributed by atoms with van der Waals surface area (Å²) in [6.45, 7) is 1.47. The van der Waals surface area contributed by atoms with E-state index in [0.717, 1.165) is 11.1 Å². The number of hydrogen-bond acceptors (Lipinski definition) is 7. The van der Waals surface area contributed by atoms with Crippen molar-refractivity contribution in [2.24, 2.45) is 10.2 Å². The Morgan fingerprint density at radius 1 is 0.818 bits per heavy atom. The number of aryl methyl sites for hydroxylation is 1. The Labute approximate surface area is 191 Å². The Morgan fingerprint density at radius 2 is 1.36 bits per heavy atom. The van der Waals surface area contributed by atoms with Crippen molar-refractivity contribution < 1.29 is 23.5 Å². The highest BCUT2D eigenvalue weighted by Gasteiger charge is 2.62. The molecule has 4 rings (SSSR count). The van der Waals surface area contributed by atoms with Gasteiger partial charge in [-0.15, -0.1) is 0 Å². The SMILES string of the molecule is CC(=O)O[B-]1(OC(C)=O)N(c2ccccc2)N=C(c2ccc(C)cc2)N=[N+]1c1ccccc1. The number of hydrogen-bond donors (Lipinski definition) is 0. The average molecular weight is 442 g/mol. The van der Waals surface area contributed by atoms with E-state index in [9.17, 15) is 9.59 Å². The van der Waals surface area contributed by atoms with Gasteiger partial charge in [-0.05, 0) is 24.2 Å². The summed E-state index contributed by atoms with van der Waals surface area (Å²) in [5, 5.41) is 9.40. The maximum atomic E-state index is 12.3. The summed E-state index contributed by atoms with van der Waals surface area (Å²) >= 11 is 0. The molecule has 8 nitrogen and oxygen atoms in total. The molecule has 0 saturated heterocycles. The molecule has 0 fully saturated rings. The summed E-state index contributed by atoms with van der Waals surface area (Å²) in [7, 11) is 0. The van der Waals surface area contributed by atoms with Crippen molar-refractivity contribution in [2.45, 2.75) is 20.8 Å². The smallest absolute Gasteiger partial charge is 0.573 e. The highest BCUT2D eigenvalue weighted by atomic mass is 16.7. The van der Waals surface area contributed by atoms with Crippen molar-refractivity contribution in [3.05, 3.63) is 96.1 Å². The average Bonchev–Trinajstić information content (AvgIpc) is 2.80. The van der Waals surface area contributed by atoms with Gasteiger partial charge in [0.05, 0.1) is 0 Å². The van der Waals surface area contributed by atoms with E-state index in [2.05, 4.69) is 0 Å². The molecule has 0 N–H and O–H groups in total. The van der Waals surface area contributed by atoms with Gasteiger partial charge < -0.3 is 9.31 Å². The fourth-order valence-corrected chi connectivity index (χ4v) is 3.60. The van der Waals surface area contributed by atoms with Crippen molar-refractivity contribution in [3.63, 3.8) is 0 Å². The number of benzene rings is 3. The maximum Gasteiger partial charge on any atom is 0.824 e. The van der Waals surface area contributed by atoms with Crippen molar-refractivity contribution in [2.75, 3.05) is 4.92 Å². The lowest BCUT2D eigenvalue weighted by atomic mass is 9.83. The van der Waals surface area contributed by atoms with Crippen LogP contribution >= 0.6 is 0 Å². The molecule has 0 aliphatic carbocycles. The van der Waals surface area contributed by atoms with Gasteiger partial charge in [0.2, 0.25) is 5.84 Å². The van der Waals surface area contributed by atoms with E-state index in [0.29, 0.717) is 17.2 Å². The first kappa shape index (κ1) is 21.9. The van der Waals surface area contributed by atoms with E-state index in [1.807, 2.05) is 67.6 Å². The number of anilines is 1. The Morgan fingerprint density at radius 3 is 1.91 bits per heavy atom. The second-order valence-corrected chi connectivity index (χ2v) is 7.60. The van der Waals surface area contributed by atoms with Gasteiger partial charge in [0.15, 0.2) is 5.69 Å². The van der Waals surface area contributed by atoms with Gasteiger partial charge >= 0.3 is 6.82 Å².